The van der Waals surface area contributed by atoms with Crippen molar-refractivity contribution in [3.63, 3.8) is 0 Å². The summed E-state index contributed by atoms with van der Waals surface area (Å²) < 4.78 is 0. The molecule has 3 rings (SSSR count). The van der Waals surface area contributed by atoms with Crippen molar-refractivity contribution >= 4 is 5.69 Å². The number of rotatable bonds is 4. The van der Waals surface area contributed by atoms with Crippen LogP contribution in [0.2, 0.25) is 0 Å². The van der Waals surface area contributed by atoms with Gasteiger partial charge in [-0.1, -0.05) is 48.5 Å². The molecule has 0 radical (unpaired) electrons. The van der Waals surface area contributed by atoms with Gasteiger partial charge >= 0.3 is 0 Å². The van der Waals surface area contributed by atoms with Gasteiger partial charge in [0.15, 0.2) is 0 Å². The second kappa shape index (κ2) is 6.77. The molecule has 1 saturated heterocycles. The van der Waals surface area contributed by atoms with E-state index in [1.807, 2.05) is 0 Å². The van der Waals surface area contributed by atoms with Crippen LogP contribution in [0.5, 0.6) is 0 Å². The molecule has 2 aromatic rings. The number of anilines is 1. The zero-order valence-corrected chi connectivity index (χ0v) is 12.5. The highest BCUT2D eigenvalue weighted by Gasteiger charge is 2.20. The zero-order chi connectivity index (χ0) is 14.5. The predicted octanol–water partition coefficient (Wildman–Crippen LogP) is 3.60. The third-order valence-electron chi connectivity index (χ3n) is 4.53. The molecule has 0 bridgehead atoms. The van der Waals surface area contributed by atoms with Gasteiger partial charge in [-0.3, -0.25) is 0 Å². The minimum Gasteiger partial charge on any atom is -0.371 e. The van der Waals surface area contributed by atoms with Crippen molar-refractivity contribution in [1.82, 2.24) is 0 Å². The van der Waals surface area contributed by atoms with Crippen LogP contribution in [0.1, 0.15) is 24.0 Å². The lowest BCUT2D eigenvalue weighted by atomic mass is 9.90. The Morgan fingerprint density at radius 3 is 2.29 bits per heavy atom. The maximum Gasteiger partial charge on any atom is 0.0411 e. The van der Waals surface area contributed by atoms with Crippen LogP contribution >= 0.6 is 0 Å². The molecular weight excluding hydrogens is 256 g/mol. The Morgan fingerprint density at radius 1 is 0.905 bits per heavy atom. The Hall–Kier alpha value is -1.80. The predicted molar refractivity (Wildman–Crippen MR) is 89.4 cm³/mol. The first-order valence-electron chi connectivity index (χ1n) is 7.93. The molecule has 110 valence electrons. The fraction of sp³-hybridized carbons (Fsp3) is 0.368. The van der Waals surface area contributed by atoms with E-state index in [1.54, 1.807) is 0 Å². The summed E-state index contributed by atoms with van der Waals surface area (Å²) in [6.45, 7) is 2.92. The number of hydrogen-bond donors (Lipinski definition) is 1. The van der Waals surface area contributed by atoms with Crippen LogP contribution in [-0.2, 0) is 13.0 Å². The van der Waals surface area contributed by atoms with Crippen molar-refractivity contribution in [2.45, 2.75) is 25.8 Å². The van der Waals surface area contributed by atoms with Crippen molar-refractivity contribution < 1.29 is 0 Å². The molecule has 0 saturated carbocycles. The van der Waals surface area contributed by atoms with E-state index in [1.165, 1.54) is 36.1 Å². The van der Waals surface area contributed by atoms with Crippen molar-refractivity contribution in [2.75, 3.05) is 18.0 Å². The van der Waals surface area contributed by atoms with Gasteiger partial charge < -0.3 is 10.6 Å². The third-order valence-corrected chi connectivity index (χ3v) is 4.53. The summed E-state index contributed by atoms with van der Waals surface area (Å²) in [5.74, 6) is 0.814. The summed E-state index contributed by atoms with van der Waals surface area (Å²) in [7, 11) is 0. The fourth-order valence-electron chi connectivity index (χ4n) is 3.32. The molecule has 1 heterocycles. The van der Waals surface area contributed by atoms with E-state index < -0.39 is 0 Å². The fourth-order valence-corrected chi connectivity index (χ4v) is 3.32. The normalized spacial score (nSPS) is 16.1. The zero-order valence-electron chi connectivity index (χ0n) is 12.5. The highest BCUT2D eigenvalue weighted by atomic mass is 15.1. The highest BCUT2D eigenvalue weighted by molar-refractivity contribution is 5.53. The van der Waals surface area contributed by atoms with Gasteiger partial charge in [-0.05, 0) is 42.4 Å². The minimum absolute atomic E-state index is 0.625. The van der Waals surface area contributed by atoms with E-state index >= 15 is 0 Å². The first-order valence-corrected chi connectivity index (χ1v) is 7.93. The first-order chi connectivity index (χ1) is 10.4. The average Bonchev–Trinajstić information content (AvgIpc) is 2.56. The number of nitrogens with zero attached hydrogens (tertiary/aromatic N) is 1. The Morgan fingerprint density at radius 2 is 1.57 bits per heavy atom. The topological polar surface area (TPSA) is 29.3 Å². The number of hydrogen-bond acceptors (Lipinski definition) is 2. The monoisotopic (exact) mass is 280 g/mol. The van der Waals surface area contributed by atoms with E-state index in [0.717, 1.165) is 19.0 Å². The second-order valence-corrected chi connectivity index (χ2v) is 5.95. The number of benzene rings is 2. The number of nitrogens with two attached hydrogens (primary N) is 1. The van der Waals surface area contributed by atoms with E-state index in [2.05, 4.69) is 59.5 Å². The molecule has 0 amide bonds. The number of para-hydroxylation sites is 1. The lowest BCUT2D eigenvalue weighted by Gasteiger charge is -2.34. The second-order valence-electron chi connectivity index (χ2n) is 5.95. The maximum absolute atomic E-state index is 5.86. The summed E-state index contributed by atoms with van der Waals surface area (Å²) in [4.78, 5) is 2.50. The van der Waals surface area contributed by atoms with Gasteiger partial charge in [0.25, 0.3) is 0 Å². The summed E-state index contributed by atoms with van der Waals surface area (Å²) in [5.41, 5.74) is 9.93. The Bertz CT molecular complexity index is 557. The standard InChI is InChI=1S/C19H24N2/c20-15-18-8-4-5-9-19(18)21-12-10-17(11-13-21)14-16-6-2-1-3-7-16/h1-9,17H,10-15,20H2. The Labute approximate surface area is 127 Å². The van der Waals surface area contributed by atoms with E-state index in [-0.39, 0.29) is 0 Å². The molecule has 0 atom stereocenters. The molecule has 0 aromatic heterocycles. The third kappa shape index (κ3) is 3.45. The van der Waals surface area contributed by atoms with E-state index in [4.69, 9.17) is 5.73 Å². The summed E-state index contributed by atoms with van der Waals surface area (Å²) in [6.07, 6.45) is 3.76. The van der Waals surface area contributed by atoms with Gasteiger partial charge in [0.05, 0.1) is 0 Å². The molecular formula is C19H24N2. The van der Waals surface area contributed by atoms with E-state index in [0.29, 0.717) is 6.54 Å². The summed E-state index contributed by atoms with van der Waals surface area (Å²) in [5, 5.41) is 0. The quantitative estimate of drug-likeness (QED) is 0.927. The SMILES string of the molecule is NCc1ccccc1N1CCC(Cc2ccccc2)CC1. The maximum atomic E-state index is 5.86. The van der Waals surface area contributed by atoms with Gasteiger partial charge in [-0.15, -0.1) is 0 Å². The Balaban J connectivity index is 1.60. The van der Waals surface area contributed by atoms with Crippen LogP contribution in [0.15, 0.2) is 54.6 Å². The van der Waals surface area contributed by atoms with Crippen molar-refractivity contribution in [3.8, 4) is 0 Å². The first kappa shape index (κ1) is 14.2. The average molecular weight is 280 g/mol. The lowest BCUT2D eigenvalue weighted by Crippen LogP contribution is -2.35. The highest BCUT2D eigenvalue weighted by Crippen LogP contribution is 2.27. The smallest absolute Gasteiger partial charge is 0.0411 e. The van der Waals surface area contributed by atoms with Crippen molar-refractivity contribution in [1.29, 1.82) is 0 Å². The molecule has 2 N–H and O–H groups in total. The summed E-state index contributed by atoms with van der Waals surface area (Å²) in [6, 6.07) is 19.4. The molecule has 2 nitrogen and oxygen atoms in total. The molecule has 0 spiro atoms. The van der Waals surface area contributed by atoms with Crippen LogP contribution in [0.3, 0.4) is 0 Å². The van der Waals surface area contributed by atoms with Crippen LogP contribution in [0.25, 0.3) is 0 Å². The molecule has 2 aromatic carbocycles. The van der Waals surface area contributed by atoms with E-state index in [9.17, 15) is 0 Å². The van der Waals surface area contributed by atoms with Crippen LogP contribution in [-0.4, -0.2) is 13.1 Å². The Kier molecular flexibility index (Phi) is 4.56. The van der Waals surface area contributed by atoms with Crippen molar-refractivity contribution in [3.05, 3.63) is 65.7 Å². The molecule has 21 heavy (non-hydrogen) atoms. The van der Waals surface area contributed by atoms with Gasteiger partial charge in [-0.2, -0.15) is 0 Å². The molecule has 1 fully saturated rings. The molecule has 1 aliphatic heterocycles. The van der Waals surface area contributed by atoms with Gasteiger partial charge in [0.1, 0.15) is 0 Å². The molecule has 2 heteroatoms. The van der Waals surface area contributed by atoms with Crippen molar-refractivity contribution in [2.24, 2.45) is 11.7 Å². The van der Waals surface area contributed by atoms with Gasteiger partial charge in [0, 0.05) is 25.3 Å². The van der Waals surface area contributed by atoms with Gasteiger partial charge in [0.2, 0.25) is 0 Å². The lowest BCUT2D eigenvalue weighted by molar-refractivity contribution is 0.403. The molecule has 0 unspecified atom stereocenters. The molecule has 1 aliphatic rings. The molecule has 0 aliphatic carbocycles. The summed E-state index contributed by atoms with van der Waals surface area (Å²) >= 11 is 0. The van der Waals surface area contributed by atoms with Gasteiger partial charge in [-0.25, -0.2) is 0 Å². The van der Waals surface area contributed by atoms with Crippen LogP contribution in [0, 0.1) is 5.92 Å². The van der Waals surface area contributed by atoms with Crippen LogP contribution in [0.4, 0.5) is 5.69 Å². The largest absolute Gasteiger partial charge is 0.371 e. The van der Waals surface area contributed by atoms with Crippen LogP contribution < -0.4 is 10.6 Å². The minimum atomic E-state index is 0.625. The number of piperidine rings is 1.